The highest BCUT2D eigenvalue weighted by molar-refractivity contribution is 6.14. The fraction of sp³-hybridized carbons (Fsp3) is 0.350. The number of aryl methyl sites for hydroxylation is 1. The number of carbonyl (C=O) groups excluding carboxylic acids is 2. The molecule has 3 heterocycles. The number of nitrogens with zero attached hydrogens (tertiary/aromatic N) is 3. The molecule has 0 saturated carbocycles. The molecule has 0 aliphatic carbocycles. The average Bonchev–Trinajstić information content (AvgIpc) is 3.18. The van der Waals surface area contributed by atoms with E-state index in [4.69, 9.17) is 4.42 Å². The highest BCUT2D eigenvalue weighted by atomic mass is 16.3. The first-order chi connectivity index (χ1) is 12.9. The summed E-state index contributed by atoms with van der Waals surface area (Å²) in [6.45, 7) is 2.91. The summed E-state index contributed by atoms with van der Waals surface area (Å²) in [5, 5.41) is 10.5. The second-order valence-electron chi connectivity index (χ2n) is 6.81. The van der Waals surface area contributed by atoms with Gasteiger partial charge in [-0.25, -0.2) is 0 Å². The number of Topliss-reactive ketones (excluding diaryl/α,β-unsaturated/α-hetero) is 1. The Morgan fingerprint density at radius 1 is 1.30 bits per heavy atom. The van der Waals surface area contributed by atoms with Crippen molar-refractivity contribution >= 4 is 11.7 Å². The third-order valence-electron chi connectivity index (χ3n) is 4.48. The topological polar surface area (TPSA) is 86.9 Å². The van der Waals surface area contributed by atoms with E-state index in [0.717, 1.165) is 6.54 Å². The van der Waals surface area contributed by atoms with E-state index in [1.54, 1.807) is 43.5 Å². The summed E-state index contributed by atoms with van der Waals surface area (Å²) < 4.78 is 5.42. The van der Waals surface area contributed by atoms with E-state index in [1.165, 1.54) is 4.90 Å². The fourth-order valence-corrected chi connectivity index (χ4v) is 3.21. The standard InChI is InChI=1S/C20H23N3O4/c1-13-8-9-15(27-13)18(24)16-17(14-7-4-5-10-21-14)23(20(26)19(16)25)12-6-11-22(2)3/h4-5,7-10,17,25H,6,11-12H2,1-3H3. The molecule has 7 nitrogen and oxygen atoms in total. The first-order valence-electron chi connectivity index (χ1n) is 8.81. The first kappa shape index (κ1) is 18.8. The second-order valence-corrected chi connectivity index (χ2v) is 6.81. The van der Waals surface area contributed by atoms with Crippen LogP contribution in [0.25, 0.3) is 0 Å². The Bertz CT molecular complexity index is 870. The lowest BCUT2D eigenvalue weighted by atomic mass is 9.98. The number of amides is 1. The molecule has 1 atom stereocenters. The van der Waals surface area contributed by atoms with E-state index in [2.05, 4.69) is 4.98 Å². The molecule has 0 spiro atoms. The Labute approximate surface area is 157 Å². The number of aliphatic hydroxyl groups excluding tert-OH is 1. The third-order valence-corrected chi connectivity index (χ3v) is 4.48. The lowest BCUT2D eigenvalue weighted by Gasteiger charge is -2.26. The van der Waals surface area contributed by atoms with Crippen LogP contribution < -0.4 is 0 Å². The van der Waals surface area contributed by atoms with E-state index in [1.807, 2.05) is 19.0 Å². The Balaban J connectivity index is 1.98. The number of rotatable bonds is 7. The normalized spacial score (nSPS) is 17.3. The molecule has 142 valence electrons. The summed E-state index contributed by atoms with van der Waals surface area (Å²) in [7, 11) is 3.90. The van der Waals surface area contributed by atoms with Gasteiger partial charge < -0.3 is 19.3 Å². The third kappa shape index (κ3) is 3.78. The van der Waals surface area contributed by atoms with Gasteiger partial charge in [0.15, 0.2) is 11.5 Å². The lowest BCUT2D eigenvalue weighted by molar-refractivity contribution is -0.129. The number of hydrogen-bond donors (Lipinski definition) is 1. The average molecular weight is 369 g/mol. The van der Waals surface area contributed by atoms with Crippen molar-refractivity contribution in [2.75, 3.05) is 27.2 Å². The first-order valence-corrected chi connectivity index (χ1v) is 8.81. The summed E-state index contributed by atoms with van der Waals surface area (Å²) in [6, 6.07) is 7.78. The number of furan rings is 1. The molecule has 0 radical (unpaired) electrons. The molecule has 1 unspecified atom stereocenters. The van der Waals surface area contributed by atoms with E-state index in [0.29, 0.717) is 24.4 Å². The van der Waals surface area contributed by atoms with Crippen molar-refractivity contribution in [3.8, 4) is 0 Å². The molecule has 1 aliphatic rings. The monoisotopic (exact) mass is 369 g/mol. The summed E-state index contributed by atoms with van der Waals surface area (Å²) in [4.78, 5) is 33.6. The molecule has 0 aromatic carbocycles. The molecule has 2 aromatic rings. The molecule has 27 heavy (non-hydrogen) atoms. The smallest absolute Gasteiger partial charge is 0.290 e. The SMILES string of the molecule is Cc1ccc(C(=O)C2=C(O)C(=O)N(CCCN(C)C)C2c2ccccn2)o1. The quantitative estimate of drug-likeness (QED) is 0.755. The van der Waals surface area contributed by atoms with Crippen LogP contribution in [0.3, 0.4) is 0 Å². The van der Waals surface area contributed by atoms with Crippen LogP contribution in [0.1, 0.15) is 34.5 Å². The highest BCUT2D eigenvalue weighted by Crippen LogP contribution is 2.38. The molecule has 3 rings (SSSR count). The summed E-state index contributed by atoms with van der Waals surface area (Å²) in [5.41, 5.74) is 0.546. The number of hydrogen-bond acceptors (Lipinski definition) is 6. The Kier molecular flexibility index (Phi) is 5.41. The molecule has 1 amide bonds. The molecule has 1 N–H and O–H groups in total. The van der Waals surface area contributed by atoms with E-state index in [9.17, 15) is 14.7 Å². The van der Waals surface area contributed by atoms with Crippen LogP contribution in [0.5, 0.6) is 0 Å². The molecule has 0 bridgehead atoms. The zero-order valence-corrected chi connectivity index (χ0v) is 15.7. The van der Waals surface area contributed by atoms with Gasteiger partial charge in [-0.15, -0.1) is 0 Å². The van der Waals surface area contributed by atoms with Gasteiger partial charge in [-0.05, 0) is 58.3 Å². The zero-order chi connectivity index (χ0) is 19.6. The van der Waals surface area contributed by atoms with Crippen LogP contribution in [0.2, 0.25) is 0 Å². The zero-order valence-electron chi connectivity index (χ0n) is 15.7. The molecule has 0 saturated heterocycles. The van der Waals surface area contributed by atoms with Gasteiger partial charge in [0, 0.05) is 12.7 Å². The second kappa shape index (κ2) is 7.75. The summed E-state index contributed by atoms with van der Waals surface area (Å²) >= 11 is 0. The van der Waals surface area contributed by atoms with Crippen molar-refractivity contribution in [2.24, 2.45) is 0 Å². The summed E-state index contributed by atoms with van der Waals surface area (Å²) in [6.07, 6.45) is 2.31. The van der Waals surface area contributed by atoms with Gasteiger partial charge in [-0.2, -0.15) is 0 Å². The van der Waals surface area contributed by atoms with Gasteiger partial charge in [-0.3, -0.25) is 14.6 Å². The van der Waals surface area contributed by atoms with E-state index < -0.39 is 23.5 Å². The largest absolute Gasteiger partial charge is 0.503 e. The maximum atomic E-state index is 13.0. The van der Waals surface area contributed by atoms with E-state index in [-0.39, 0.29) is 11.3 Å². The van der Waals surface area contributed by atoms with Crippen LogP contribution in [0, 0.1) is 6.92 Å². The van der Waals surface area contributed by atoms with Crippen molar-refractivity contribution in [1.82, 2.24) is 14.8 Å². The Morgan fingerprint density at radius 3 is 2.67 bits per heavy atom. The molecular formula is C20H23N3O4. The van der Waals surface area contributed by atoms with Gasteiger partial charge >= 0.3 is 0 Å². The Morgan fingerprint density at radius 2 is 2.07 bits per heavy atom. The number of aromatic nitrogens is 1. The van der Waals surface area contributed by atoms with Crippen LogP contribution in [-0.4, -0.2) is 58.8 Å². The van der Waals surface area contributed by atoms with E-state index >= 15 is 0 Å². The minimum absolute atomic E-state index is 0.0119. The van der Waals surface area contributed by atoms with Crippen LogP contribution in [-0.2, 0) is 4.79 Å². The number of aliphatic hydroxyl groups is 1. The number of pyridine rings is 1. The van der Waals surface area contributed by atoms with Gasteiger partial charge in [0.2, 0.25) is 5.78 Å². The van der Waals surface area contributed by atoms with Crippen LogP contribution >= 0.6 is 0 Å². The minimum atomic E-state index is -0.737. The van der Waals surface area contributed by atoms with Crippen LogP contribution in [0.4, 0.5) is 0 Å². The Hall–Kier alpha value is -2.93. The predicted molar refractivity (Wildman–Crippen MR) is 99.3 cm³/mol. The molecule has 2 aromatic heterocycles. The number of ketones is 1. The van der Waals surface area contributed by atoms with Crippen molar-refractivity contribution < 1.29 is 19.1 Å². The molecular weight excluding hydrogens is 346 g/mol. The molecule has 1 aliphatic heterocycles. The number of carbonyl (C=O) groups is 2. The van der Waals surface area contributed by atoms with Crippen LogP contribution in [0.15, 0.2) is 52.3 Å². The minimum Gasteiger partial charge on any atom is -0.503 e. The summed E-state index contributed by atoms with van der Waals surface area (Å²) in [5.74, 6) is -0.914. The van der Waals surface area contributed by atoms with Crippen molar-refractivity contribution in [2.45, 2.75) is 19.4 Å². The lowest BCUT2D eigenvalue weighted by Crippen LogP contribution is -2.33. The van der Waals surface area contributed by atoms with Gasteiger partial charge in [-0.1, -0.05) is 6.07 Å². The van der Waals surface area contributed by atoms with Gasteiger partial charge in [0.05, 0.1) is 11.3 Å². The highest BCUT2D eigenvalue weighted by Gasteiger charge is 2.44. The van der Waals surface area contributed by atoms with Crippen molar-refractivity contribution in [3.63, 3.8) is 0 Å². The molecule has 0 fully saturated rings. The van der Waals surface area contributed by atoms with Gasteiger partial charge in [0.1, 0.15) is 11.8 Å². The van der Waals surface area contributed by atoms with Crippen molar-refractivity contribution in [3.05, 3.63) is 65.1 Å². The van der Waals surface area contributed by atoms with Gasteiger partial charge in [0.25, 0.3) is 5.91 Å². The maximum absolute atomic E-state index is 13.0. The fourth-order valence-electron chi connectivity index (χ4n) is 3.21. The molecule has 7 heteroatoms. The maximum Gasteiger partial charge on any atom is 0.290 e. The predicted octanol–water partition coefficient (Wildman–Crippen LogP) is 2.51. The van der Waals surface area contributed by atoms with Crippen molar-refractivity contribution in [1.29, 1.82) is 0 Å².